The van der Waals surface area contributed by atoms with Crippen LogP contribution in [0.2, 0.25) is 0 Å². The minimum Gasteiger partial charge on any atom is -0.456 e. The van der Waals surface area contributed by atoms with Crippen LogP contribution in [0.4, 0.5) is 0 Å². The third-order valence-corrected chi connectivity index (χ3v) is 13.7. The Labute approximate surface area is 397 Å². The Bertz CT molecular complexity index is 4030. The van der Waals surface area contributed by atoms with Crippen LogP contribution in [0.5, 0.6) is 0 Å². The first-order chi connectivity index (χ1) is 34.2. The minimum absolute atomic E-state index is 0.631. The van der Waals surface area contributed by atoms with Gasteiger partial charge >= 0.3 is 0 Å². The largest absolute Gasteiger partial charge is 0.456 e. The molecular weight excluding hydrogens is 841 g/mol. The highest BCUT2D eigenvalue weighted by Crippen LogP contribution is 2.39. The Morgan fingerprint density at radius 3 is 1.28 bits per heavy atom. The van der Waals surface area contributed by atoms with E-state index >= 15 is 0 Å². The monoisotopic (exact) mass is 880 g/mol. The highest BCUT2D eigenvalue weighted by atomic mass is 16.3. The van der Waals surface area contributed by atoms with Crippen molar-refractivity contribution in [2.45, 2.75) is 0 Å². The quantitative estimate of drug-likeness (QED) is 0.160. The SMILES string of the molecule is c1ccc2oc(-c3ccc(-c4cc(-c5ccc(-c6cccc7ccccc67)cc5)nc(-c5cc(-n6c7ccccc7c7ccccc76)cc(-n6c7ccccc7c7ccccc76)c5)n4)cc3)cc2c1. The zero-order chi connectivity index (χ0) is 45.4. The Morgan fingerprint density at radius 1 is 0.304 bits per heavy atom. The van der Waals surface area contributed by atoms with Gasteiger partial charge in [-0.15, -0.1) is 0 Å². The molecule has 5 nitrogen and oxygen atoms in total. The maximum Gasteiger partial charge on any atom is 0.160 e. The molecule has 10 aromatic carbocycles. The zero-order valence-electron chi connectivity index (χ0n) is 37.3. The number of hydrogen-bond donors (Lipinski definition) is 0. The number of para-hydroxylation sites is 5. The van der Waals surface area contributed by atoms with Crippen LogP contribution in [0, 0.1) is 0 Å². The fourth-order valence-corrected chi connectivity index (χ4v) is 10.5. The number of rotatable bonds is 7. The van der Waals surface area contributed by atoms with Gasteiger partial charge in [-0.2, -0.15) is 0 Å². The van der Waals surface area contributed by atoms with E-state index in [-0.39, 0.29) is 0 Å². The third kappa shape index (κ3) is 6.47. The van der Waals surface area contributed by atoms with E-state index in [0.29, 0.717) is 5.82 Å². The summed E-state index contributed by atoms with van der Waals surface area (Å²) in [6.07, 6.45) is 0. The number of furan rings is 1. The molecule has 4 aromatic heterocycles. The second-order valence-corrected chi connectivity index (χ2v) is 17.8. The van der Waals surface area contributed by atoms with Gasteiger partial charge in [0.2, 0.25) is 0 Å². The second-order valence-electron chi connectivity index (χ2n) is 17.8. The van der Waals surface area contributed by atoms with Crippen LogP contribution < -0.4 is 0 Å². The van der Waals surface area contributed by atoms with Crippen LogP contribution in [0.15, 0.2) is 247 Å². The van der Waals surface area contributed by atoms with Crippen molar-refractivity contribution in [1.29, 1.82) is 0 Å². The zero-order valence-corrected chi connectivity index (χ0v) is 37.3. The summed E-state index contributed by atoms with van der Waals surface area (Å²) in [5, 5.41) is 8.35. The van der Waals surface area contributed by atoms with Crippen molar-refractivity contribution < 1.29 is 4.42 Å². The van der Waals surface area contributed by atoms with E-state index in [0.717, 1.165) is 89.4 Å². The Kier molecular flexibility index (Phi) is 8.83. The number of fused-ring (bicyclic) bond motifs is 8. The van der Waals surface area contributed by atoms with Gasteiger partial charge in [0.05, 0.1) is 33.5 Å². The molecule has 0 atom stereocenters. The summed E-state index contributed by atoms with van der Waals surface area (Å²) >= 11 is 0. The number of aromatic nitrogens is 4. The highest BCUT2D eigenvalue weighted by Gasteiger charge is 2.20. The molecular formula is C64H40N4O. The molecule has 0 saturated carbocycles. The fourth-order valence-electron chi connectivity index (χ4n) is 10.5. The van der Waals surface area contributed by atoms with Crippen molar-refractivity contribution in [3.05, 3.63) is 243 Å². The smallest absolute Gasteiger partial charge is 0.160 e. The standard InChI is InChI=1S/C64H40N4O/c1-3-17-50-41(14-1)16-13-22-51(50)42-28-30-43(31-29-42)56-40-57(44-32-34-45(35-33-44)63-38-46-15-2-12-27-62(46)69-63)66-64(65-56)47-36-48(67-58-23-8-4-18-52(58)53-19-5-9-24-59(53)67)39-49(37-47)68-60-25-10-6-20-54(60)55-21-7-11-26-61(55)68/h1-40H. The molecule has 0 aliphatic rings. The summed E-state index contributed by atoms with van der Waals surface area (Å²) in [7, 11) is 0. The van der Waals surface area contributed by atoms with E-state index in [1.165, 1.54) is 37.9 Å². The normalized spacial score (nSPS) is 11.8. The molecule has 4 heterocycles. The van der Waals surface area contributed by atoms with Gasteiger partial charge in [-0.25, -0.2) is 9.97 Å². The highest BCUT2D eigenvalue weighted by molar-refractivity contribution is 6.11. The molecule has 0 aliphatic carbocycles. The van der Waals surface area contributed by atoms with Crippen LogP contribution >= 0.6 is 0 Å². The lowest BCUT2D eigenvalue weighted by atomic mass is 9.97. The van der Waals surface area contributed by atoms with Crippen molar-refractivity contribution in [2.24, 2.45) is 0 Å². The molecule has 0 bridgehead atoms. The van der Waals surface area contributed by atoms with E-state index in [9.17, 15) is 0 Å². The number of nitrogens with zero attached hydrogens (tertiary/aromatic N) is 4. The molecule has 0 unspecified atom stereocenters. The van der Waals surface area contributed by atoms with Gasteiger partial charge < -0.3 is 13.6 Å². The summed E-state index contributed by atoms with van der Waals surface area (Å²) in [5.74, 6) is 1.46. The van der Waals surface area contributed by atoms with E-state index in [1.807, 2.05) is 18.2 Å². The predicted octanol–water partition coefficient (Wildman–Crippen LogP) is 16.9. The Hall–Kier alpha value is -9.32. The van der Waals surface area contributed by atoms with Gasteiger partial charge in [-0.3, -0.25) is 0 Å². The van der Waals surface area contributed by atoms with Gasteiger partial charge in [0.1, 0.15) is 11.3 Å². The molecule has 0 amide bonds. The summed E-state index contributed by atoms with van der Waals surface area (Å²) in [4.78, 5) is 11.0. The van der Waals surface area contributed by atoms with Crippen molar-refractivity contribution in [2.75, 3.05) is 0 Å². The van der Waals surface area contributed by atoms with Crippen LogP contribution in [-0.2, 0) is 0 Å². The Balaban J connectivity index is 0.991. The lowest BCUT2D eigenvalue weighted by Gasteiger charge is -2.16. The average Bonchev–Trinajstić information content (AvgIpc) is 4.11. The van der Waals surface area contributed by atoms with Crippen molar-refractivity contribution >= 4 is 65.4 Å². The first kappa shape index (κ1) is 38.9. The summed E-state index contributed by atoms with van der Waals surface area (Å²) in [6.45, 7) is 0. The molecule has 0 aliphatic heterocycles. The van der Waals surface area contributed by atoms with Gasteiger partial charge in [-0.05, 0) is 82.6 Å². The molecule has 0 spiro atoms. The van der Waals surface area contributed by atoms with E-state index in [1.54, 1.807) is 0 Å². The average molecular weight is 881 g/mol. The maximum atomic E-state index is 6.28. The summed E-state index contributed by atoms with van der Waals surface area (Å²) in [5.41, 5.74) is 15.4. The summed E-state index contributed by atoms with van der Waals surface area (Å²) < 4.78 is 11.1. The molecule has 0 fully saturated rings. The second kappa shape index (κ2) is 15.7. The molecule has 69 heavy (non-hydrogen) atoms. The molecule has 14 aromatic rings. The molecule has 0 N–H and O–H groups in total. The van der Waals surface area contributed by atoms with Crippen molar-refractivity contribution in [3.8, 4) is 67.7 Å². The first-order valence-electron chi connectivity index (χ1n) is 23.4. The predicted molar refractivity (Wildman–Crippen MR) is 285 cm³/mol. The first-order valence-corrected chi connectivity index (χ1v) is 23.4. The van der Waals surface area contributed by atoms with Gasteiger partial charge in [0.25, 0.3) is 0 Å². The van der Waals surface area contributed by atoms with Crippen LogP contribution in [0.3, 0.4) is 0 Å². The lowest BCUT2D eigenvalue weighted by molar-refractivity contribution is 0.631. The third-order valence-electron chi connectivity index (χ3n) is 13.7. The Morgan fingerprint density at radius 2 is 0.739 bits per heavy atom. The van der Waals surface area contributed by atoms with E-state index in [2.05, 4.69) is 234 Å². The molecule has 322 valence electrons. The number of benzene rings is 10. The van der Waals surface area contributed by atoms with E-state index in [4.69, 9.17) is 14.4 Å². The summed E-state index contributed by atoms with van der Waals surface area (Å²) in [6, 6.07) is 86.3. The van der Waals surface area contributed by atoms with Crippen molar-refractivity contribution in [3.63, 3.8) is 0 Å². The topological polar surface area (TPSA) is 48.8 Å². The fraction of sp³-hybridized carbons (Fsp3) is 0. The molecule has 0 radical (unpaired) electrons. The molecule has 5 heteroatoms. The maximum absolute atomic E-state index is 6.28. The van der Waals surface area contributed by atoms with E-state index < -0.39 is 0 Å². The minimum atomic E-state index is 0.631. The van der Waals surface area contributed by atoms with Gasteiger partial charge in [0.15, 0.2) is 5.82 Å². The van der Waals surface area contributed by atoms with Crippen LogP contribution in [0.1, 0.15) is 0 Å². The van der Waals surface area contributed by atoms with Crippen molar-refractivity contribution in [1.82, 2.24) is 19.1 Å². The molecule has 0 saturated heterocycles. The molecule has 14 rings (SSSR count). The van der Waals surface area contributed by atoms with Gasteiger partial charge in [0, 0.05) is 60.6 Å². The van der Waals surface area contributed by atoms with Crippen LogP contribution in [-0.4, -0.2) is 19.1 Å². The van der Waals surface area contributed by atoms with Gasteiger partial charge in [-0.1, -0.05) is 182 Å². The van der Waals surface area contributed by atoms with Crippen LogP contribution in [0.25, 0.3) is 133 Å². The number of hydrogen-bond acceptors (Lipinski definition) is 3. The lowest BCUT2D eigenvalue weighted by Crippen LogP contribution is -2.02.